The molecule has 0 spiro atoms. The summed E-state index contributed by atoms with van der Waals surface area (Å²) in [6.45, 7) is 3.13. The molecule has 0 aliphatic carbocycles. The van der Waals surface area contributed by atoms with Gasteiger partial charge in [-0.3, -0.25) is 0 Å². The van der Waals surface area contributed by atoms with Gasteiger partial charge in [-0.05, 0) is 18.6 Å². The van der Waals surface area contributed by atoms with Gasteiger partial charge in [0.15, 0.2) is 11.5 Å². The third-order valence-electron chi connectivity index (χ3n) is 4.37. The Bertz CT molecular complexity index is 554. The van der Waals surface area contributed by atoms with Crippen molar-refractivity contribution in [2.45, 2.75) is 64.7 Å². The molecule has 0 radical (unpaired) electrons. The SMILES string of the molecule is CCCCCCCCCCCNN(NC(=O)O)c1ccc2c(c1)OCO2. The Morgan fingerprint density at radius 1 is 1.04 bits per heavy atom. The van der Waals surface area contributed by atoms with Crippen molar-refractivity contribution in [3.05, 3.63) is 18.2 Å². The first kappa shape index (κ1) is 20.2. The summed E-state index contributed by atoms with van der Waals surface area (Å²) in [5.74, 6) is 1.28. The normalized spacial score (nSPS) is 12.2. The first-order valence-corrected chi connectivity index (χ1v) is 9.63. The van der Waals surface area contributed by atoms with Gasteiger partial charge in [0, 0.05) is 12.6 Å². The van der Waals surface area contributed by atoms with E-state index in [1.54, 1.807) is 18.2 Å². The average Bonchev–Trinajstić information content (AvgIpc) is 3.09. The quantitative estimate of drug-likeness (QED) is 0.354. The van der Waals surface area contributed by atoms with Gasteiger partial charge >= 0.3 is 6.09 Å². The highest BCUT2D eigenvalue weighted by Crippen LogP contribution is 2.34. The lowest BCUT2D eigenvalue weighted by Gasteiger charge is -2.24. The highest BCUT2D eigenvalue weighted by atomic mass is 16.7. The summed E-state index contributed by atoms with van der Waals surface area (Å²) in [5, 5.41) is 10.5. The van der Waals surface area contributed by atoms with Crippen molar-refractivity contribution in [1.82, 2.24) is 10.9 Å². The molecule has 2 rings (SSSR count). The third-order valence-corrected chi connectivity index (χ3v) is 4.37. The Kier molecular flexibility index (Phi) is 8.89. The van der Waals surface area contributed by atoms with E-state index in [4.69, 9.17) is 14.6 Å². The minimum atomic E-state index is -1.12. The molecule has 1 heterocycles. The maximum absolute atomic E-state index is 11.1. The molecule has 3 N–H and O–H groups in total. The average molecular weight is 365 g/mol. The number of carboxylic acid groups (broad SMARTS) is 1. The predicted molar refractivity (Wildman–Crippen MR) is 101 cm³/mol. The van der Waals surface area contributed by atoms with Gasteiger partial charge in [0.25, 0.3) is 0 Å². The summed E-state index contributed by atoms with van der Waals surface area (Å²) in [6, 6.07) is 5.31. The van der Waals surface area contributed by atoms with Crippen LogP contribution in [0.2, 0.25) is 0 Å². The summed E-state index contributed by atoms with van der Waals surface area (Å²) in [6.07, 6.45) is 10.2. The van der Waals surface area contributed by atoms with Gasteiger partial charge in [-0.1, -0.05) is 58.3 Å². The van der Waals surface area contributed by atoms with E-state index >= 15 is 0 Å². The summed E-state index contributed by atoms with van der Waals surface area (Å²) < 4.78 is 10.6. The number of anilines is 1. The van der Waals surface area contributed by atoms with Crippen LogP contribution in [-0.4, -0.2) is 24.5 Å². The molecule has 0 saturated heterocycles. The monoisotopic (exact) mass is 365 g/mol. The largest absolute Gasteiger partial charge is 0.464 e. The van der Waals surface area contributed by atoms with Crippen molar-refractivity contribution in [2.24, 2.45) is 0 Å². The zero-order valence-corrected chi connectivity index (χ0v) is 15.6. The highest BCUT2D eigenvalue weighted by Gasteiger charge is 2.17. The summed E-state index contributed by atoms with van der Waals surface area (Å²) >= 11 is 0. The Labute approximate surface area is 155 Å². The van der Waals surface area contributed by atoms with Crippen molar-refractivity contribution in [3.63, 3.8) is 0 Å². The number of hydrazine groups is 2. The van der Waals surface area contributed by atoms with Crippen molar-refractivity contribution in [3.8, 4) is 11.5 Å². The molecule has 0 unspecified atom stereocenters. The Morgan fingerprint density at radius 2 is 1.69 bits per heavy atom. The van der Waals surface area contributed by atoms with Crippen LogP contribution in [0.25, 0.3) is 0 Å². The van der Waals surface area contributed by atoms with E-state index in [1.807, 2.05) is 0 Å². The molecule has 1 aliphatic heterocycles. The molecular weight excluding hydrogens is 334 g/mol. The molecule has 0 bridgehead atoms. The predicted octanol–water partition coefficient (Wildman–Crippen LogP) is 4.44. The van der Waals surface area contributed by atoms with Crippen LogP contribution < -0.4 is 25.4 Å². The highest BCUT2D eigenvalue weighted by molar-refractivity contribution is 5.68. The smallest absolute Gasteiger partial charge is 0.424 e. The first-order chi connectivity index (χ1) is 12.7. The zero-order chi connectivity index (χ0) is 18.6. The molecule has 1 aromatic carbocycles. The summed E-state index contributed by atoms with van der Waals surface area (Å²) in [5.41, 5.74) is 6.14. The van der Waals surface area contributed by atoms with Crippen LogP contribution in [0.5, 0.6) is 11.5 Å². The van der Waals surface area contributed by atoms with Gasteiger partial charge in [-0.2, -0.15) is 0 Å². The number of nitrogens with zero attached hydrogens (tertiary/aromatic N) is 1. The summed E-state index contributed by atoms with van der Waals surface area (Å²) in [7, 11) is 0. The first-order valence-electron chi connectivity index (χ1n) is 9.63. The van der Waals surface area contributed by atoms with Gasteiger partial charge in [0.05, 0.1) is 5.69 Å². The minimum absolute atomic E-state index is 0.191. The maximum atomic E-state index is 11.1. The van der Waals surface area contributed by atoms with Gasteiger partial charge in [-0.25, -0.2) is 20.8 Å². The Hall–Kier alpha value is -2.15. The van der Waals surface area contributed by atoms with E-state index in [9.17, 15) is 4.79 Å². The topological polar surface area (TPSA) is 83.1 Å². The third kappa shape index (κ3) is 7.00. The minimum Gasteiger partial charge on any atom is -0.464 e. The Balaban J connectivity index is 1.67. The number of amides is 1. The molecular formula is C19H31N3O4. The lowest BCUT2D eigenvalue weighted by Crippen LogP contribution is -2.51. The van der Waals surface area contributed by atoms with E-state index in [0.29, 0.717) is 23.7 Å². The molecule has 0 saturated carbocycles. The van der Waals surface area contributed by atoms with Gasteiger partial charge < -0.3 is 14.6 Å². The fraction of sp³-hybridized carbons (Fsp3) is 0.632. The molecule has 7 nitrogen and oxygen atoms in total. The number of rotatable bonds is 13. The molecule has 0 aromatic heterocycles. The maximum Gasteiger partial charge on any atom is 0.424 e. The molecule has 26 heavy (non-hydrogen) atoms. The number of carbonyl (C=O) groups is 1. The zero-order valence-electron chi connectivity index (χ0n) is 15.6. The molecule has 1 aliphatic rings. The molecule has 0 fully saturated rings. The van der Waals surface area contributed by atoms with Crippen molar-refractivity contribution < 1.29 is 19.4 Å². The number of hydrogen-bond acceptors (Lipinski definition) is 5. The lowest BCUT2D eigenvalue weighted by molar-refractivity contribution is 0.174. The van der Waals surface area contributed by atoms with Crippen LogP contribution in [0.4, 0.5) is 10.5 Å². The second-order valence-electron chi connectivity index (χ2n) is 6.53. The van der Waals surface area contributed by atoms with Crippen LogP contribution in [-0.2, 0) is 0 Å². The Morgan fingerprint density at radius 3 is 2.38 bits per heavy atom. The number of benzene rings is 1. The van der Waals surface area contributed by atoms with Crippen molar-refractivity contribution >= 4 is 11.8 Å². The van der Waals surface area contributed by atoms with Crippen LogP contribution in [0.3, 0.4) is 0 Å². The molecule has 7 heteroatoms. The van der Waals surface area contributed by atoms with Crippen LogP contribution in [0.1, 0.15) is 64.7 Å². The van der Waals surface area contributed by atoms with Crippen LogP contribution in [0, 0.1) is 0 Å². The number of ether oxygens (including phenoxy) is 2. The fourth-order valence-electron chi connectivity index (χ4n) is 2.94. The number of unbranched alkanes of at least 4 members (excludes halogenated alkanes) is 8. The molecule has 1 aromatic rings. The molecule has 146 valence electrons. The molecule has 1 amide bonds. The lowest BCUT2D eigenvalue weighted by atomic mass is 10.1. The fourth-order valence-corrected chi connectivity index (χ4v) is 2.94. The van der Waals surface area contributed by atoms with Gasteiger partial charge in [0.2, 0.25) is 6.79 Å². The van der Waals surface area contributed by atoms with Crippen LogP contribution in [0.15, 0.2) is 18.2 Å². The second-order valence-corrected chi connectivity index (χ2v) is 6.53. The molecule has 0 atom stereocenters. The van der Waals surface area contributed by atoms with Crippen molar-refractivity contribution in [2.75, 3.05) is 18.5 Å². The number of hydrogen-bond donors (Lipinski definition) is 3. The van der Waals surface area contributed by atoms with E-state index in [-0.39, 0.29) is 6.79 Å². The van der Waals surface area contributed by atoms with E-state index < -0.39 is 6.09 Å². The standard InChI is InChI=1S/C19H31N3O4/c1-2-3-4-5-6-7-8-9-10-13-20-22(21-19(23)24)16-11-12-17-18(14-16)26-15-25-17/h11-12,14,20-21H,2-10,13,15H2,1H3,(H,23,24). The number of nitrogens with one attached hydrogen (secondary N) is 2. The van der Waals surface area contributed by atoms with Crippen molar-refractivity contribution in [1.29, 1.82) is 0 Å². The second kappa shape index (κ2) is 11.5. The van der Waals surface area contributed by atoms with E-state index in [2.05, 4.69) is 17.8 Å². The van der Waals surface area contributed by atoms with E-state index in [0.717, 1.165) is 12.8 Å². The number of fused-ring (bicyclic) bond motifs is 1. The van der Waals surface area contributed by atoms with Crippen LogP contribution >= 0.6 is 0 Å². The summed E-state index contributed by atoms with van der Waals surface area (Å²) in [4.78, 5) is 11.1. The van der Waals surface area contributed by atoms with Gasteiger partial charge in [-0.15, -0.1) is 0 Å². The van der Waals surface area contributed by atoms with Gasteiger partial charge in [0.1, 0.15) is 0 Å². The van der Waals surface area contributed by atoms with E-state index in [1.165, 1.54) is 50.1 Å².